The van der Waals surface area contributed by atoms with Crippen LogP contribution < -0.4 is 0 Å². The van der Waals surface area contributed by atoms with Crippen LogP contribution in [-0.2, 0) is 0 Å². The molecule has 0 amide bonds. The van der Waals surface area contributed by atoms with Gasteiger partial charge in [-0.2, -0.15) is 0 Å². The van der Waals surface area contributed by atoms with Gasteiger partial charge in [-0.15, -0.1) is 0 Å². The summed E-state index contributed by atoms with van der Waals surface area (Å²) in [5.74, 6) is 0. The van der Waals surface area contributed by atoms with Crippen molar-refractivity contribution in [1.82, 2.24) is 0 Å². The van der Waals surface area contributed by atoms with Crippen molar-refractivity contribution >= 4 is 22.7 Å². The zero-order valence-corrected chi connectivity index (χ0v) is 6.41. The number of benzene rings is 2. The Kier molecular flexibility index (Phi) is 0.826. The molecule has 0 unspecified atom stereocenters. The van der Waals surface area contributed by atoms with E-state index in [4.69, 9.17) is 1.37 Å². The van der Waals surface area contributed by atoms with Crippen molar-refractivity contribution in [2.24, 2.45) is 4.99 Å². The van der Waals surface area contributed by atoms with Crippen LogP contribution in [-0.4, -0.2) is 6.19 Å². The topological polar surface area (TPSA) is 12.4 Å². The highest BCUT2D eigenvalue weighted by molar-refractivity contribution is 6.10. The number of nitrogens with zero attached hydrogens (tertiary/aromatic N) is 1. The first-order chi connectivity index (χ1) is 6.36. The summed E-state index contributed by atoms with van der Waals surface area (Å²) < 4.78 is 7.53. The average molecular weight is 154 g/mol. The minimum atomic E-state index is 0.409. The molecule has 3 rings (SSSR count). The van der Waals surface area contributed by atoms with E-state index in [1.807, 2.05) is 30.3 Å². The lowest BCUT2D eigenvalue weighted by Crippen LogP contribution is -1.93. The van der Waals surface area contributed by atoms with E-state index in [2.05, 4.69) is 11.1 Å². The fraction of sp³-hybridized carbons (Fsp3) is 0. The highest BCUT2D eigenvalue weighted by Gasteiger charge is 2.09. The van der Waals surface area contributed by atoms with E-state index >= 15 is 0 Å². The molecule has 0 saturated carbocycles. The lowest BCUT2D eigenvalue weighted by molar-refractivity contribution is 1.48. The zero-order chi connectivity index (χ0) is 8.84. The Bertz CT molecular complexity index is 529. The van der Waals surface area contributed by atoms with Gasteiger partial charge in [-0.3, -0.25) is 4.99 Å². The molecule has 1 heterocycles. The van der Waals surface area contributed by atoms with Gasteiger partial charge >= 0.3 is 0 Å². The summed E-state index contributed by atoms with van der Waals surface area (Å²) in [6.07, 6.45) is 0.409. The molecule has 12 heavy (non-hydrogen) atoms. The second kappa shape index (κ2) is 1.95. The van der Waals surface area contributed by atoms with E-state index in [1.165, 1.54) is 5.39 Å². The molecule has 1 heteroatoms. The maximum atomic E-state index is 7.53. The normalized spacial score (nSPS) is 14.7. The Morgan fingerprint density at radius 1 is 1.08 bits per heavy atom. The van der Waals surface area contributed by atoms with Crippen molar-refractivity contribution in [3.63, 3.8) is 0 Å². The van der Waals surface area contributed by atoms with Gasteiger partial charge in [0, 0.05) is 11.8 Å². The third-order valence-electron chi connectivity index (χ3n) is 2.20. The van der Waals surface area contributed by atoms with Crippen molar-refractivity contribution in [2.75, 3.05) is 0 Å². The van der Waals surface area contributed by atoms with E-state index in [-0.39, 0.29) is 0 Å². The van der Waals surface area contributed by atoms with Crippen molar-refractivity contribution in [2.45, 2.75) is 0 Å². The first-order valence-corrected chi connectivity index (χ1v) is 3.94. The van der Waals surface area contributed by atoms with Gasteiger partial charge < -0.3 is 0 Å². The maximum absolute atomic E-state index is 7.53. The van der Waals surface area contributed by atoms with Gasteiger partial charge in [0.2, 0.25) is 0 Å². The van der Waals surface area contributed by atoms with Crippen LogP contribution in [0, 0.1) is 0 Å². The van der Waals surface area contributed by atoms with E-state index < -0.39 is 0 Å². The number of hydrogen-bond donors (Lipinski definition) is 0. The molecule has 0 fully saturated rings. The molecule has 0 spiro atoms. The van der Waals surface area contributed by atoms with Crippen molar-refractivity contribution in [3.8, 4) is 0 Å². The molecule has 1 aliphatic heterocycles. The first kappa shape index (κ1) is 5.09. The Hall–Kier alpha value is -1.63. The molecule has 1 aliphatic rings. The molecule has 0 saturated heterocycles. The van der Waals surface area contributed by atoms with Crippen LogP contribution in [0.2, 0.25) is 0 Å². The summed E-state index contributed by atoms with van der Waals surface area (Å²) >= 11 is 0. The van der Waals surface area contributed by atoms with Crippen molar-refractivity contribution in [1.29, 1.82) is 0 Å². The van der Waals surface area contributed by atoms with Crippen LogP contribution in [0.15, 0.2) is 41.4 Å². The Morgan fingerprint density at radius 2 is 2.00 bits per heavy atom. The monoisotopic (exact) mass is 154 g/mol. The minimum absolute atomic E-state index is 0.409. The minimum Gasteiger partial charge on any atom is -0.255 e. The van der Waals surface area contributed by atoms with Gasteiger partial charge in [-0.05, 0) is 16.8 Å². The summed E-state index contributed by atoms with van der Waals surface area (Å²) in [5.41, 5.74) is 1.95. The predicted molar refractivity (Wildman–Crippen MR) is 51.2 cm³/mol. The Balaban J connectivity index is 2.47. The molecule has 56 valence electrons. The highest BCUT2D eigenvalue weighted by atomic mass is 14.8. The fourth-order valence-electron chi connectivity index (χ4n) is 1.53. The maximum Gasteiger partial charge on any atom is 0.0848 e. The van der Waals surface area contributed by atoms with Gasteiger partial charge in [-0.25, -0.2) is 0 Å². The molecule has 0 aliphatic carbocycles. The Morgan fingerprint density at radius 3 is 2.92 bits per heavy atom. The van der Waals surface area contributed by atoms with E-state index in [0.717, 1.165) is 16.6 Å². The Labute approximate surface area is 71.8 Å². The lowest BCUT2D eigenvalue weighted by Gasteiger charge is -2.11. The van der Waals surface area contributed by atoms with Crippen molar-refractivity contribution in [3.05, 3.63) is 42.0 Å². The largest absolute Gasteiger partial charge is 0.255 e. The van der Waals surface area contributed by atoms with Crippen LogP contribution in [0.1, 0.15) is 6.93 Å². The molecule has 0 atom stereocenters. The third kappa shape index (κ3) is 0.607. The smallest absolute Gasteiger partial charge is 0.0848 e. The molecule has 0 bridgehead atoms. The molecule has 0 radical (unpaired) electrons. The van der Waals surface area contributed by atoms with Crippen LogP contribution in [0.5, 0.6) is 0 Å². The summed E-state index contributed by atoms with van der Waals surface area (Å²) in [7, 11) is 0. The van der Waals surface area contributed by atoms with E-state index in [9.17, 15) is 0 Å². The number of aliphatic imine (C=N–C) groups is 1. The van der Waals surface area contributed by atoms with Crippen molar-refractivity contribution < 1.29 is 1.37 Å². The molecule has 2 aromatic rings. The molecule has 1 nitrogen and oxygen atoms in total. The van der Waals surface area contributed by atoms with Crippen LogP contribution in [0.25, 0.3) is 10.8 Å². The van der Waals surface area contributed by atoms with Crippen LogP contribution in [0.3, 0.4) is 0 Å². The number of rotatable bonds is 0. The summed E-state index contributed by atoms with van der Waals surface area (Å²) in [4.78, 5) is 4.02. The number of hydrogen-bond acceptors (Lipinski definition) is 1. The standard InChI is InChI=1S/C11H7N/c1-2-4-9-8(3-1)5-6-11-10(9)7-12-11/h1-7H/i7D. The highest BCUT2D eigenvalue weighted by Crippen LogP contribution is 2.31. The molecular weight excluding hydrogens is 146 g/mol. The van der Waals surface area contributed by atoms with Gasteiger partial charge in [0.15, 0.2) is 0 Å². The third-order valence-corrected chi connectivity index (χ3v) is 2.20. The second-order valence-electron chi connectivity index (χ2n) is 2.90. The van der Waals surface area contributed by atoms with E-state index in [0.29, 0.717) is 6.19 Å². The summed E-state index contributed by atoms with van der Waals surface area (Å²) in [6.45, 7) is 0. The molecule has 2 aromatic carbocycles. The quantitative estimate of drug-likeness (QED) is 0.553. The van der Waals surface area contributed by atoms with E-state index in [1.54, 1.807) is 0 Å². The lowest BCUT2D eigenvalue weighted by atomic mass is 10.0. The average Bonchev–Trinajstić information content (AvgIpc) is 2.14. The summed E-state index contributed by atoms with van der Waals surface area (Å²) in [5, 5.41) is 2.32. The van der Waals surface area contributed by atoms with Gasteiger partial charge in [-0.1, -0.05) is 30.3 Å². The number of fused-ring (bicyclic) bond motifs is 3. The summed E-state index contributed by atoms with van der Waals surface area (Å²) in [6, 6.07) is 12.1. The molecule has 0 aromatic heterocycles. The first-order valence-electron chi connectivity index (χ1n) is 4.44. The predicted octanol–water partition coefficient (Wildman–Crippen LogP) is 2.90. The molecular formula is C11H7N. The van der Waals surface area contributed by atoms with Crippen LogP contribution in [0.4, 0.5) is 5.69 Å². The van der Waals surface area contributed by atoms with Crippen LogP contribution >= 0.6 is 0 Å². The zero-order valence-electron chi connectivity index (χ0n) is 7.41. The molecule has 0 N–H and O–H groups in total. The fourth-order valence-corrected chi connectivity index (χ4v) is 1.53. The van der Waals surface area contributed by atoms with Gasteiger partial charge in [0.05, 0.1) is 7.06 Å². The second-order valence-corrected chi connectivity index (χ2v) is 2.90. The van der Waals surface area contributed by atoms with Gasteiger partial charge in [0.1, 0.15) is 0 Å². The van der Waals surface area contributed by atoms with Gasteiger partial charge in [0.25, 0.3) is 0 Å². The SMILES string of the molecule is [2H]C1=Nc2ccc3ccccc3c21.